The van der Waals surface area contributed by atoms with Gasteiger partial charge in [-0.05, 0) is 35.7 Å². The third-order valence-corrected chi connectivity index (χ3v) is 5.67. The Balaban J connectivity index is 0.00000363. The Morgan fingerprint density at radius 3 is 2.44 bits per heavy atom. The van der Waals surface area contributed by atoms with E-state index in [0.29, 0.717) is 6.54 Å². The fourth-order valence-corrected chi connectivity index (χ4v) is 3.81. The minimum atomic E-state index is 0. The van der Waals surface area contributed by atoms with Gasteiger partial charge in [-0.1, -0.05) is 30.3 Å². The highest BCUT2D eigenvalue weighted by atomic mass is 127. The van der Waals surface area contributed by atoms with Gasteiger partial charge in [0.1, 0.15) is 0 Å². The number of methoxy groups -OCH3 is 2. The molecule has 0 spiro atoms. The Kier molecular flexibility index (Phi) is 11.1. The van der Waals surface area contributed by atoms with Crippen LogP contribution in [0.25, 0.3) is 0 Å². The van der Waals surface area contributed by atoms with Gasteiger partial charge in [-0.15, -0.1) is 24.0 Å². The molecular weight excluding hydrogens is 519 g/mol. The lowest BCUT2D eigenvalue weighted by Crippen LogP contribution is -2.46. The standard InChI is InChI=1S/C24H34N4O3.HI/c1-18-7-5-6-8-20(18)16-26-24(25-2)27-17-21(28-11-13-31-14-12-28)19-9-10-22(29-3)23(15-19)30-4;/h5-10,15,21H,11-14,16-17H2,1-4H3,(H2,25,26,27);1H. The molecule has 1 atom stereocenters. The smallest absolute Gasteiger partial charge is 0.191 e. The van der Waals surface area contributed by atoms with Crippen molar-refractivity contribution in [1.29, 1.82) is 0 Å². The van der Waals surface area contributed by atoms with Crippen molar-refractivity contribution in [3.8, 4) is 11.5 Å². The van der Waals surface area contributed by atoms with E-state index in [1.165, 1.54) is 16.7 Å². The highest BCUT2D eigenvalue weighted by Gasteiger charge is 2.24. The maximum Gasteiger partial charge on any atom is 0.191 e. The van der Waals surface area contributed by atoms with Crippen LogP contribution in [0.1, 0.15) is 22.7 Å². The van der Waals surface area contributed by atoms with E-state index in [-0.39, 0.29) is 30.0 Å². The van der Waals surface area contributed by atoms with Crippen LogP contribution < -0.4 is 20.1 Å². The Bertz CT molecular complexity index is 872. The van der Waals surface area contributed by atoms with Gasteiger partial charge in [0, 0.05) is 33.2 Å². The summed E-state index contributed by atoms with van der Waals surface area (Å²) in [5, 5.41) is 6.93. The Labute approximate surface area is 208 Å². The number of guanidine groups is 1. The molecule has 0 aromatic heterocycles. The Hall–Kier alpha value is -2.04. The second-order valence-corrected chi connectivity index (χ2v) is 7.51. The number of rotatable bonds is 8. The average Bonchev–Trinajstić information content (AvgIpc) is 2.82. The van der Waals surface area contributed by atoms with Crippen molar-refractivity contribution in [2.24, 2.45) is 4.99 Å². The van der Waals surface area contributed by atoms with E-state index in [2.05, 4.69) is 63.8 Å². The first-order valence-corrected chi connectivity index (χ1v) is 10.7. The molecule has 7 nitrogen and oxygen atoms in total. The van der Waals surface area contributed by atoms with Crippen LogP contribution in [-0.4, -0.2) is 65.0 Å². The number of aryl methyl sites for hydroxylation is 1. The second-order valence-electron chi connectivity index (χ2n) is 7.51. The second kappa shape index (κ2) is 13.5. The molecule has 3 rings (SSSR count). The zero-order valence-electron chi connectivity index (χ0n) is 19.4. The Morgan fingerprint density at radius 2 is 1.78 bits per heavy atom. The van der Waals surface area contributed by atoms with Crippen LogP contribution in [0.15, 0.2) is 47.5 Å². The number of morpholine rings is 1. The van der Waals surface area contributed by atoms with Gasteiger partial charge < -0.3 is 24.8 Å². The SMILES string of the molecule is CN=C(NCc1ccccc1C)NCC(c1ccc(OC)c(OC)c1)N1CCOCC1.I. The average molecular weight is 554 g/mol. The molecule has 1 unspecified atom stereocenters. The summed E-state index contributed by atoms with van der Waals surface area (Å²) in [4.78, 5) is 6.85. The zero-order chi connectivity index (χ0) is 22.1. The van der Waals surface area contributed by atoms with Crippen molar-refractivity contribution >= 4 is 29.9 Å². The third-order valence-electron chi connectivity index (χ3n) is 5.67. The van der Waals surface area contributed by atoms with Crippen LogP contribution in [-0.2, 0) is 11.3 Å². The van der Waals surface area contributed by atoms with E-state index in [9.17, 15) is 0 Å². The summed E-state index contributed by atoms with van der Waals surface area (Å²) in [6.07, 6.45) is 0. The highest BCUT2D eigenvalue weighted by Crippen LogP contribution is 2.32. The molecule has 0 bridgehead atoms. The normalized spacial score (nSPS) is 15.4. The van der Waals surface area contributed by atoms with Crippen LogP contribution in [0.5, 0.6) is 11.5 Å². The van der Waals surface area contributed by atoms with E-state index in [4.69, 9.17) is 14.2 Å². The van der Waals surface area contributed by atoms with Crippen molar-refractivity contribution in [2.75, 3.05) is 54.1 Å². The van der Waals surface area contributed by atoms with Gasteiger partial charge in [0.2, 0.25) is 0 Å². The quantitative estimate of drug-likeness (QED) is 0.297. The lowest BCUT2D eigenvalue weighted by molar-refractivity contribution is 0.0169. The van der Waals surface area contributed by atoms with Gasteiger partial charge in [0.05, 0.1) is 33.5 Å². The predicted octanol–water partition coefficient (Wildman–Crippen LogP) is 3.37. The van der Waals surface area contributed by atoms with Gasteiger partial charge in [-0.3, -0.25) is 9.89 Å². The minimum Gasteiger partial charge on any atom is -0.493 e. The van der Waals surface area contributed by atoms with Gasteiger partial charge in [-0.25, -0.2) is 0 Å². The van der Waals surface area contributed by atoms with Crippen LogP contribution in [0.2, 0.25) is 0 Å². The highest BCUT2D eigenvalue weighted by molar-refractivity contribution is 14.0. The van der Waals surface area contributed by atoms with Gasteiger partial charge in [0.15, 0.2) is 17.5 Å². The summed E-state index contributed by atoms with van der Waals surface area (Å²) >= 11 is 0. The molecule has 1 fully saturated rings. The third kappa shape index (κ3) is 6.98. The molecule has 2 N–H and O–H groups in total. The number of aliphatic imine (C=N–C) groups is 1. The lowest BCUT2D eigenvalue weighted by Gasteiger charge is -2.35. The molecule has 0 radical (unpaired) electrons. The van der Waals surface area contributed by atoms with Gasteiger partial charge >= 0.3 is 0 Å². The molecule has 1 aliphatic rings. The molecular formula is C24H35IN4O3. The fraction of sp³-hybridized carbons (Fsp3) is 0.458. The number of ether oxygens (including phenoxy) is 3. The van der Waals surface area contributed by atoms with Gasteiger partial charge in [0.25, 0.3) is 0 Å². The Morgan fingerprint density at radius 1 is 1.06 bits per heavy atom. The van der Waals surface area contributed by atoms with E-state index in [0.717, 1.165) is 50.3 Å². The molecule has 0 amide bonds. The number of hydrogen-bond acceptors (Lipinski definition) is 5. The van der Waals surface area contributed by atoms with E-state index in [1.807, 2.05) is 6.07 Å². The molecule has 2 aromatic rings. The lowest BCUT2D eigenvalue weighted by atomic mass is 10.0. The van der Waals surface area contributed by atoms with Crippen LogP contribution >= 0.6 is 24.0 Å². The number of hydrogen-bond donors (Lipinski definition) is 2. The van der Waals surface area contributed by atoms with Crippen LogP contribution in [0.4, 0.5) is 0 Å². The maximum atomic E-state index is 5.57. The largest absolute Gasteiger partial charge is 0.493 e. The first-order valence-electron chi connectivity index (χ1n) is 10.7. The molecule has 1 saturated heterocycles. The number of halogens is 1. The van der Waals surface area contributed by atoms with Crippen molar-refractivity contribution in [2.45, 2.75) is 19.5 Å². The number of nitrogens with one attached hydrogen (secondary N) is 2. The summed E-state index contributed by atoms with van der Waals surface area (Å²) in [6, 6.07) is 14.7. The predicted molar refractivity (Wildman–Crippen MR) is 139 cm³/mol. The molecule has 1 aliphatic heterocycles. The summed E-state index contributed by atoms with van der Waals surface area (Å²) < 4.78 is 16.5. The van der Waals surface area contributed by atoms with Gasteiger partial charge in [-0.2, -0.15) is 0 Å². The summed E-state index contributed by atoms with van der Waals surface area (Å²) in [7, 11) is 5.12. The summed E-state index contributed by atoms with van der Waals surface area (Å²) in [6.45, 7) is 6.81. The summed E-state index contributed by atoms with van der Waals surface area (Å²) in [5.74, 6) is 2.25. The van der Waals surface area contributed by atoms with E-state index in [1.54, 1.807) is 21.3 Å². The molecule has 8 heteroatoms. The molecule has 176 valence electrons. The molecule has 1 heterocycles. The number of nitrogens with zero attached hydrogens (tertiary/aromatic N) is 2. The molecule has 0 saturated carbocycles. The zero-order valence-corrected chi connectivity index (χ0v) is 21.7. The minimum absolute atomic E-state index is 0. The molecule has 32 heavy (non-hydrogen) atoms. The monoisotopic (exact) mass is 554 g/mol. The first kappa shape index (κ1) is 26.2. The van der Waals surface area contributed by atoms with Crippen molar-refractivity contribution in [1.82, 2.24) is 15.5 Å². The van der Waals surface area contributed by atoms with Crippen LogP contribution in [0.3, 0.4) is 0 Å². The van der Waals surface area contributed by atoms with Crippen molar-refractivity contribution in [3.63, 3.8) is 0 Å². The maximum absolute atomic E-state index is 5.57. The van der Waals surface area contributed by atoms with E-state index >= 15 is 0 Å². The topological polar surface area (TPSA) is 67.4 Å². The fourth-order valence-electron chi connectivity index (χ4n) is 3.81. The number of benzene rings is 2. The van der Waals surface area contributed by atoms with Crippen molar-refractivity contribution in [3.05, 3.63) is 59.2 Å². The van der Waals surface area contributed by atoms with Crippen molar-refractivity contribution < 1.29 is 14.2 Å². The summed E-state index contributed by atoms with van der Waals surface area (Å²) in [5.41, 5.74) is 3.69. The molecule has 0 aliphatic carbocycles. The first-order chi connectivity index (χ1) is 15.2. The molecule has 2 aromatic carbocycles. The van der Waals surface area contributed by atoms with Crippen LogP contribution in [0, 0.1) is 6.92 Å². The van der Waals surface area contributed by atoms with E-state index < -0.39 is 0 Å².